The molecule has 0 unspecified atom stereocenters. The maximum atomic E-state index is 11.8. The SMILES string of the molecule is CCC[C@H](N)C(=O)N(C)Cc1ccc(Br)o1. The van der Waals surface area contributed by atoms with Crippen LogP contribution in [0.15, 0.2) is 21.2 Å². The van der Waals surface area contributed by atoms with Gasteiger partial charge >= 0.3 is 0 Å². The number of halogens is 1. The molecule has 2 N–H and O–H groups in total. The highest BCUT2D eigenvalue weighted by Gasteiger charge is 2.18. The molecule has 90 valence electrons. The van der Waals surface area contributed by atoms with Gasteiger partial charge in [0, 0.05) is 7.05 Å². The molecule has 0 radical (unpaired) electrons. The van der Waals surface area contributed by atoms with E-state index in [1.54, 1.807) is 18.0 Å². The zero-order chi connectivity index (χ0) is 12.1. The van der Waals surface area contributed by atoms with Crippen LogP contribution in [-0.4, -0.2) is 23.9 Å². The molecule has 0 bridgehead atoms. The minimum atomic E-state index is -0.409. The lowest BCUT2D eigenvalue weighted by atomic mass is 10.1. The van der Waals surface area contributed by atoms with Crippen LogP contribution in [0.1, 0.15) is 25.5 Å². The predicted octanol–water partition coefficient (Wildman–Crippen LogP) is 2.13. The number of furan rings is 1. The number of hydrogen-bond donors (Lipinski definition) is 1. The second-order valence-corrected chi connectivity index (χ2v) is 4.58. The van der Waals surface area contributed by atoms with Gasteiger partial charge in [0.25, 0.3) is 0 Å². The van der Waals surface area contributed by atoms with E-state index in [1.807, 2.05) is 13.0 Å². The lowest BCUT2D eigenvalue weighted by Crippen LogP contribution is -2.41. The molecule has 1 amide bonds. The van der Waals surface area contributed by atoms with E-state index in [0.717, 1.165) is 12.2 Å². The lowest BCUT2D eigenvalue weighted by molar-refractivity contribution is -0.132. The molecule has 0 aliphatic carbocycles. The van der Waals surface area contributed by atoms with Crippen LogP contribution in [0.3, 0.4) is 0 Å². The number of nitrogens with two attached hydrogens (primary N) is 1. The summed E-state index contributed by atoms with van der Waals surface area (Å²) in [5.41, 5.74) is 5.76. The van der Waals surface area contributed by atoms with Crippen molar-refractivity contribution < 1.29 is 9.21 Å². The van der Waals surface area contributed by atoms with Gasteiger partial charge < -0.3 is 15.1 Å². The molecule has 0 aliphatic heterocycles. The van der Waals surface area contributed by atoms with Crippen molar-refractivity contribution in [3.63, 3.8) is 0 Å². The topological polar surface area (TPSA) is 59.5 Å². The zero-order valence-corrected chi connectivity index (χ0v) is 11.2. The summed E-state index contributed by atoms with van der Waals surface area (Å²) >= 11 is 3.22. The van der Waals surface area contributed by atoms with Gasteiger partial charge in [-0.1, -0.05) is 13.3 Å². The van der Waals surface area contributed by atoms with E-state index >= 15 is 0 Å². The summed E-state index contributed by atoms with van der Waals surface area (Å²) in [4.78, 5) is 13.4. The van der Waals surface area contributed by atoms with Gasteiger partial charge in [0.05, 0.1) is 12.6 Å². The Labute approximate surface area is 104 Å². The normalized spacial score (nSPS) is 12.5. The van der Waals surface area contributed by atoms with Crippen molar-refractivity contribution in [2.24, 2.45) is 5.73 Å². The van der Waals surface area contributed by atoms with Crippen molar-refractivity contribution >= 4 is 21.8 Å². The molecule has 1 atom stereocenters. The maximum absolute atomic E-state index is 11.8. The Morgan fingerprint density at radius 3 is 2.81 bits per heavy atom. The Balaban J connectivity index is 2.51. The van der Waals surface area contributed by atoms with Gasteiger partial charge in [0.2, 0.25) is 5.91 Å². The van der Waals surface area contributed by atoms with E-state index in [2.05, 4.69) is 15.9 Å². The average Bonchev–Trinajstić information content (AvgIpc) is 2.63. The van der Waals surface area contributed by atoms with Gasteiger partial charge in [0.15, 0.2) is 4.67 Å². The van der Waals surface area contributed by atoms with Crippen molar-refractivity contribution in [1.82, 2.24) is 4.90 Å². The van der Waals surface area contributed by atoms with Crippen LogP contribution in [0, 0.1) is 0 Å². The number of rotatable bonds is 5. The summed E-state index contributed by atoms with van der Waals surface area (Å²) in [6.07, 6.45) is 1.62. The van der Waals surface area contributed by atoms with Gasteiger partial charge in [-0.2, -0.15) is 0 Å². The molecule has 5 heteroatoms. The zero-order valence-electron chi connectivity index (χ0n) is 9.57. The summed E-state index contributed by atoms with van der Waals surface area (Å²) in [6.45, 7) is 2.46. The van der Waals surface area contributed by atoms with Crippen LogP contribution in [0.4, 0.5) is 0 Å². The van der Waals surface area contributed by atoms with E-state index < -0.39 is 6.04 Å². The van der Waals surface area contributed by atoms with Crippen molar-refractivity contribution in [3.05, 3.63) is 22.6 Å². The van der Waals surface area contributed by atoms with E-state index in [1.165, 1.54) is 0 Å². The van der Waals surface area contributed by atoms with Crippen LogP contribution in [0.5, 0.6) is 0 Å². The minimum Gasteiger partial charge on any atom is -0.452 e. The number of nitrogens with zero attached hydrogens (tertiary/aromatic N) is 1. The molecule has 0 aliphatic rings. The molecule has 0 spiro atoms. The number of carbonyl (C=O) groups excluding carboxylic acids is 1. The van der Waals surface area contributed by atoms with Crippen LogP contribution in [-0.2, 0) is 11.3 Å². The summed E-state index contributed by atoms with van der Waals surface area (Å²) in [6, 6.07) is 3.23. The molecule has 1 aromatic heterocycles. The highest BCUT2D eigenvalue weighted by molar-refractivity contribution is 9.10. The Morgan fingerprint density at radius 1 is 1.62 bits per heavy atom. The molecule has 1 rings (SSSR count). The van der Waals surface area contributed by atoms with Crippen LogP contribution >= 0.6 is 15.9 Å². The van der Waals surface area contributed by atoms with Crippen LogP contribution in [0.2, 0.25) is 0 Å². The first kappa shape index (κ1) is 13.3. The largest absolute Gasteiger partial charge is 0.452 e. The summed E-state index contributed by atoms with van der Waals surface area (Å²) < 4.78 is 5.99. The highest BCUT2D eigenvalue weighted by atomic mass is 79.9. The first-order chi connectivity index (χ1) is 7.54. The van der Waals surface area contributed by atoms with Gasteiger partial charge in [0.1, 0.15) is 5.76 Å². The van der Waals surface area contributed by atoms with Crippen LogP contribution < -0.4 is 5.73 Å². The van der Waals surface area contributed by atoms with Gasteiger partial charge in [-0.15, -0.1) is 0 Å². The van der Waals surface area contributed by atoms with E-state index in [4.69, 9.17) is 10.2 Å². The minimum absolute atomic E-state index is 0.0469. The van der Waals surface area contributed by atoms with Gasteiger partial charge in [-0.25, -0.2) is 0 Å². The Kier molecular flexibility index (Phi) is 5.02. The molecule has 1 heterocycles. The third-order valence-corrected chi connectivity index (χ3v) is 2.74. The van der Waals surface area contributed by atoms with Crippen molar-refractivity contribution in [1.29, 1.82) is 0 Å². The molecular formula is C11H17BrN2O2. The Bertz CT molecular complexity index is 352. The average molecular weight is 289 g/mol. The number of likely N-dealkylation sites (N-methyl/N-ethyl adjacent to an activating group) is 1. The fourth-order valence-electron chi connectivity index (χ4n) is 1.47. The Hall–Kier alpha value is -0.810. The molecule has 16 heavy (non-hydrogen) atoms. The van der Waals surface area contributed by atoms with E-state index in [9.17, 15) is 4.79 Å². The fraction of sp³-hybridized carbons (Fsp3) is 0.545. The molecule has 0 saturated carbocycles. The third kappa shape index (κ3) is 3.64. The molecule has 4 nitrogen and oxygen atoms in total. The molecule has 0 fully saturated rings. The third-order valence-electron chi connectivity index (χ3n) is 2.31. The first-order valence-corrected chi connectivity index (χ1v) is 6.08. The number of amides is 1. The highest BCUT2D eigenvalue weighted by Crippen LogP contribution is 2.15. The quantitative estimate of drug-likeness (QED) is 0.903. The number of hydrogen-bond acceptors (Lipinski definition) is 3. The molecular weight excluding hydrogens is 272 g/mol. The lowest BCUT2D eigenvalue weighted by Gasteiger charge is -2.19. The molecule has 0 aromatic carbocycles. The second kappa shape index (κ2) is 6.06. The fourth-order valence-corrected chi connectivity index (χ4v) is 1.81. The number of carbonyl (C=O) groups is 1. The molecule has 1 aromatic rings. The van der Waals surface area contributed by atoms with Gasteiger partial charge in [-0.3, -0.25) is 4.79 Å². The standard InChI is InChI=1S/C11H17BrN2O2/c1-3-4-9(13)11(15)14(2)7-8-5-6-10(12)16-8/h5-6,9H,3-4,7,13H2,1-2H3/t9-/m0/s1. The van der Waals surface area contributed by atoms with Crippen molar-refractivity contribution in [2.45, 2.75) is 32.4 Å². The van der Waals surface area contributed by atoms with Gasteiger partial charge in [-0.05, 0) is 34.5 Å². The predicted molar refractivity (Wildman–Crippen MR) is 65.8 cm³/mol. The van der Waals surface area contributed by atoms with Crippen molar-refractivity contribution in [3.8, 4) is 0 Å². The smallest absolute Gasteiger partial charge is 0.239 e. The van der Waals surface area contributed by atoms with Crippen LogP contribution in [0.25, 0.3) is 0 Å². The van der Waals surface area contributed by atoms with Crippen molar-refractivity contribution in [2.75, 3.05) is 7.05 Å². The second-order valence-electron chi connectivity index (χ2n) is 3.80. The van der Waals surface area contributed by atoms with E-state index in [0.29, 0.717) is 17.6 Å². The summed E-state index contributed by atoms with van der Waals surface area (Å²) in [7, 11) is 1.73. The summed E-state index contributed by atoms with van der Waals surface area (Å²) in [5, 5.41) is 0. The first-order valence-electron chi connectivity index (χ1n) is 5.29. The monoisotopic (exact) mass is 288 g/mol. The summed E-state index contributed by atoms with van der Waals surface area (Å²) in [5.74, 6) is 0.695. The Morgan fingerprint density at radius 2 is 2.31 bits per heavy atom. The van der Waals surface area contributed by atoms with E-state index in [-0.39, 0.29) is 5.91 Å². The maximum Gasteiger partial charge on any atom is 0.239 e. The molecule has 0 saturated heterocycles.